The lowest BCUT2D eigenvalue weighted by Crippen LogP contribution is -2.49. The fraction of sp³-hybridized carbons (Fsp3) is 0.562. The van der Waals surface area contributed by atoms with Gasteiger partial charge in [0.25, 0.3) is 0 Å². The van der Waals surface area contributed by atoms with Crippen LogP contribution < -0.4 is 10.5 Å². The normalized spacial score (nSPS) is 20.2. The van der Waals surface area contributed by atoms with Crippen molar-refractivity contribution >= 4 is 5.91 Å². The quantitative estimate of drug-likeness (QED) is 0.884. The molecule has 0 saturated carbocycles. The first kappa shape index (κ1) is 14.4. The summed E-state index contributed by atoms with van der Waals surface area (Å²) < 4.78 is 11.7. The van der Waals surface area contributed by atoms with Gasteiger partial charge in [0.1, 0.15) is 11.4 Å². The summed E-state index contributed by atoms with van der Waals surface area (Å²) in [6.45, 7) is 2.18. The van der Waals surface area contributed by atoms with Crippen LogP contribution in [0.5, 0.6) is 5.75 Å². The van der Waals surface area contributed by atoms with Gasteiger partial charge in [0.2, 0.25) is 5.91 Å². The molecule has 0 atom stereocenters. The van der Waals surface area contributed by atoms with Crippen molar-refractivity contribution < 1.29 is 14.3 Å². The largest absolute Gasteiger partial charge is 0.496 e. The van der Waals surface area contributed by atoms with Crippen molar-refractivity contribution in [2.45, 2.75) is 24.9 Å². The predicted molar refractivity (Wildman–Crippen MR) is 79.2 cm³/mol. The van der Waals surface area contributed by atoms with Crippen LogP contribution >= 0.6 is 0 Å². The Hall–Kier alpha value is -1.59. The predicted octanol–water partition coefficient (Wildman–Crippen LogP) is 1.04. The zero-order chi connectivity index (χ0) is 14.9. The van der Waals surface area contributed by atoms with E-state index in [2.05, 4.69) is 6.07 Å². The number of rotatable bonds is 2. The van der Waals surface area contributed by atoms with Crippen molar-refractivity contribution in [1.82, 2.24) is 4.90 Å². The van der Waals surface area contributed by atoms with Gasteiger partial charge in [0.05, 0.1) is 20.3 Å². The molecule has 0 radical (unpaired) electrons. The number of hydrogen-bond donors (Lipinski definition) is 1. The summed E-state index contributed by atoms with van der Waals surface area (Å²) >= 11 is 0. The number of fused-ring (bicyclic) bond motifs is 2. The third-order valence-corrected chi connectivity index (χ3v) is 4.64. The summed E-state index contributed by atoms with van der Waals surface area (Å²) in [6.07, 6.45) is 2.51. The van der Waals surface area contributed by atoms with E-state index in [4.69, 9.17) is 15.2 Å². The number of piperidine rings is 1. The minimum atomic E-state index is -0.314. The number of carbonyl (C=O) groups excluding carboxylic acids is 1. The third-order valence-electron chi connectivity index (χ3n) is 4.64. The molecule has 2 heterocycles. The highest BCUT2D eigenvalue weighted by Crippen LogP contribution is 2.45. The molecular weight excluding hydrogens is 268 g/mol. The minimum absolute atomic E-state index is 0.0147. The van der Waals surface area contributed by atoms with Gasteiger partial charge < -0.3 is 20.1 Å². The van der Waals surface area contributed by atoms with E-state index in [9.17, 15) is 4.79 Å². The van der Waals surface area contributed by atoms with Crippen LogP contribution in [0.2, 0.25) is 0 Å². The van der Waals surface area contributed by atoms with Crippen LogP contribution in [-0.2, 0) is 21.6 Å². The molecule has 0 bridgehead atoms. The van der Waals surface area contributed by atoms with E-state index < -0.39 is 0 Å². The van der Waals surface area contributed by atoms with E-state index in [-0.39, 0.29) is 18.1 Å². The lowest BCUT2D eigenvalue weighted by atomic mass is 9.78. The number of benzene rings is 1. The van der Waals surface area contributed by atoms with Crippen molar-refractivity contribution in [3.63, 3.8) is 0 Å². The standard InChI is InChI=1S/C16H22N2O3/c1-20-13-4-2-3-12-5-10-21-16(15(12)13)6-8-18(9-7-16)14(19)11-17/h2-4H,5-11,17H2,1H3. The van der Waals surface area contributed by atoms with Crippen LogP contribution in [0.3, 0.4) is 0 Å². The number of amides is 1. The Morgan fingerprint density at radius 3 is 2.86 bits per heavy atom. The van der Waals surface area contributed by atoms with Gasteiger partial charge in [-0.15, -0.1) is 0 Å². The van der Waals surface area contributed by atoms with E-state index in [1.807, 2.05) is 17.0 Å². The Labute approximate surface area is 125 Å². The Kier molecular flexibility index (Phi) is 3.87. The van der Waals surface area contributed by atoms with Crippen LogP contribution in [0, 0.1) is 0 Å². The number of ether oxygens (including phenoxy) is 2. The molecule has 1 saturated heterocycles. The van der Waals surface area contributed by atoms with Gasteiger partial charge in [-0.25, -0.2) is 0 Å². The first-order valence-electron chi connectivity index (χ1n) is 7.48. The highest BCUT2D eigenvalue weighted by Gasteiger charge is 2.43. The maximum Gasteiger partial charge on any atom is 0.236 e. The zero-order valence-electron chi connectivity index (χ0n) is 12.4. The van der Waals surface area contributed by atoms with Crippen molar-refractivity contribution in [1.29, 1.82) is 0 Å². The average Bonchev–Trinajstić information content (AvgIpc) is 2.54. The Bertz CT molecular complexity index is 522. The SMILES string of the molecule is COc1cccc2c1C1(CCN(C(=O)CN)CC1)OCC2. The van der Waals surface area contributed by atoms with Gasteiger partial charge >= 0.3 is 0 Å². The first-order chi connectivity index (χ1) is 10.2. The Morgan fingerprint density at radius 2 is 2.19 bits per heavy atom. The molecule has 1 spiro atoms. The molecule has 2 N–H and O–H groups in total. The number of hydrogen-bond acceptors (Lipinski definition) is 4. The monoisotopic (exact) mass is 290 g/mol. The summed E-state index contributed by atoms with van der Waals surface area (Å²) in [4.78, 5) is 13.6. The highest BCUT2D eigenvalue weighted by molar-refractivity contribution is 5.78. The molecule has 5 heteroatoms. The molecule has 0 unspecified atom stereocenters. The fourth-order valence-electron chi connectivity index (χ4n) is 3.54. The molecule has 0 aliphatic carbocycles. The second kappa shape index (κ2) is 5.66. The molecule has 0 aromatic heterocycles. The smallest absolute Gasteiger partial charge is 0.236 e. The van der Waals surface area contributed by atoms with Crippen LogP contribution in [0.15, 0.2) is 18.2 Å². The molecule has 2 aliphatic heterocycles. The van der Waals surface area contributed by atoms with E-state index in [0.29, 0.717) is 13.1 Å². The molecule has 5 nitrogen and oxygen atoms in total. The van der Waals surface area contributed by atoms with Crippen molar-refractivity contribution in [3.8, 4) is 5.75 Å². The summed E-state index contributed by atoms with van der Waals surface area (Å²) in [6, 6.07) is 6.18. The zero-order valence-corrected chi connectivity index (χ0v) is 12.4. The van der Waals surface area contributed by atoms with E-state index in [0.717, 1.165) is 31.6 Å². The number of nitrogens with two attached hydrogens (primary N) is 1. The van der Waals surface area contributed by atoms with Crippen LogP contribution in [0.1, 0.15) is 24.0 Å². The van der Waals surface area contributed by atoms with Gasteiger partial charge in [-0.05, 0) is 30.9 Å². The van der Waals surface area contributed by atoms with Crippen molar-refractivity contribution in [2.75, 3.05) is 33.4 Å². The van der Waals surface area contributed by atoms with Gasteiger partial charge in [-0.2, -0.15) is 0 Å². The molecule has 114 valence electrons. The highest BCUT2D eigenvalue weighted by atomic mass is 16.5. The number of likely N-dealkylation sites (tertiary alicyclic amines) is 1. The molecule has 1 aromatic rings. The molecule has 21 heavy (non-hydrogen) atoms. The van der Waals surface area contributed by atoms with Gasteiger partial charge in [-0.3, -0.25) is 4.79 Å². The molecular formula is C16H22N2O3. The summed E-state index contributed by atoms with van der Waals surface area (Å²) in [5.41, 5.74) is 7.62. The molecule has 3 rings (SSSR count). The summed E-state index contributed by atoms with van der Waals surface area (Å²) in [7, 11) is 1.70. The topological polar surface area (TPSA) is 64.8 Å². The van der Waals surface area contributed by atoms with Crippen molar-refractivity contribution in [3.05, 3.63) is 29.3 Å². The van der Waals surface area contributed by atoms with Gasteiger partial charge in [0.15, 0.2) is 0 Å². The first-order valence-corrected chi connectivity index (χ1v) is 7.48. The van der Waals surface area contributed by atoms with E-state index >= 15 is 0 Å². The number of methoxy groups -OCH3 is 1. The van der Waals surface area contributed by atoms with E-state index in [1.54, 1.807) is 7.11 Å². The molecule has 2 aliphatic rings. The van der Waals surface area contributed by atoms with Crippen LogP contribution in [-0.4, -0.2) is 44.2 Å². The molecule has 1 aromatic carbocycles. The average molecular weight is 290 g/mol. The maximum absolute atomic E-state index is 11.7. The second-order valence-corrected chi connectivity index (χ2v) is 5.67. The molecule has 1 amide bonds. The lowest BCUT2D eigenvalue weighted by Gasteiger charge is -2.45. The van der Waals surface area contributed by atoms with Crippen LogP contribution in [0.25, 0.3) is 0 Å². The summed E-state index contributed by atoms with van der Waals surface area (Å²) in [5.74, 6) is 0.909. The van der Waals surface area contributed by atoms with Gasteiger partial charge in [0, 0.05) is 18.7 Å². The van der Waals surface area contributed by atoms with Crippen LogP contribution in [0.4, 0.5) is 0 Å². The van der Waals surface area contributed by atoms with Gasteiger partial charge in [-0.1, -0.05) is 12.1 Å². The maximum atomic E-state index is 11.7. The minimum Gasteiger partial charge on any atom is -0.496 e. The Balaban J connectivity index is 1.90. The van der Waals surface area contributed by atoms with E-state index in [1.165, 1.54) is 11.1 Å². The Morgan fingerprint density at radius 1 is 1.43 bits per heavy atom. The fourth-order valence-corrected chi connectivity index (χ4v) is 3.54. The number of nitrogens with zero attached hydrogens (tertiary/aromatic N) is 1. The second-order valence-electron chi connectivity index (χ2n) is 5.67. The third kappa shape index (κ3) is 2.40. The molecule has 1 fully saturated rings. The lowest BCUT2D eigenvalue weighted by molar-refractivity contribution is -0.139. The van der Waals surface area contributed by atoms with Crippen molar-refractivity contribution in [2.24, 2.45) is 5.73 Å². The summed E-state index contributed by atoms with van der Waals surface area (Å²) in [5, 5.41) is 0. The number of carbonyl (C=O) groups is 1.